The summed E-state index contributed by atoms with van der Waals surface area (Å²) in [4.78, 5) is 11.3. The average Bonchev–Trinajstić information content (AvgIpc) is 2.99. The van der Waals surface area contributed by atoms with Gasteiger partial charge in [0, 0.05) is 12.6 Å². The lowest BCUT2D eigenvalue weighted by Gasteiger charge is -2.13. The van der Waals surface area contributed by atoms with Crippen molar-refractivity contribution in [3.05, 3.63) is 29.8 Å². The Labute approximate surface area is 136 Å². The highest BCUT2D eigenvalue weighted by atomic mass is 35.5. The molecule has 1 fully saturated rings. The van der Waals surface area contributed by atoms with E-state index in [0.717, 1.165) is 31.2 Å². The van der Waals surface area contributed by atoms with Crippen molar-refractivity contribution in [1.82, 2.24) is 10.0 Å². The smallest absolute Gasteiger partial charge is 0.240 e. The fourth-order valence-corrected chi connectivity index (χ4v) is 3.96. The van der Waals surface area contributed by atoms with Gasteiger partial charge in [-0.15, -0.1) is 11.6 Å². The molecule has 0 saturated heterocycles. The van der Waals surface area contributed by atoms with Gasteiger partial charge in [-0.1, -0.05) is 25.0 Å². The van der Waals surface area contributed by atoms with Crippen molar-refractivity contribution in [1.29, 1.82) is 0 Å². The van der Waals surface area contributed by atoms with Crippen LogP contribution in [0.3, 0.4) is 0 Å². The van der Waals surface area contributed by atoms with Crippen molar-refractivity contribution in [2.45, 2.75) is 43.0 Å². The predicted molar refractivity (Wildman–Crippen MR) is 86.5 cm³/mol. The van der Waals surface area contributed by atoms with Gasteiger partial charge in [0.25, 0.3) is 0 Å². The molecule has 1 aliphatic carbocycles. The van der Waals surface area contributed by atoms with Crippen LogP contribution in [0.15, 0.2) is 29.2 Å². The molecule has 0 spiro atoms. The standard InChI is InChI=1S/C15H21ClN2O3S/c16-11-15(19)17-10-9-12-5-7-14(8-6-12)22(20,21)18-13-3-1-2-4-13/h5-8,13,18H,1-4,9-11H2,(H,17,19). The first-order chi connectivity index (χ1) is 10.5. The van der Waals surface area contributed by atoms with E-state index in [4.69, 9.17) is 11.6 Å². The van der Waals surface area contributed by atoms with Gasteiger partial charge in [0.15, 0.2) is 0 Å². The van der Waals surface area contributed by atoms with Gasteiger partial charge in [-0.2, -0.15) is 0 Å². The van der Waals surface area contributed by atoms with Gasteiger partial charge in [0.05, 0.1) is 4.90 Å². The molecule has 0 unspecified atom stereocenters. The van der Waals surface area contributed by atoms with Crippen LogP contribution < -0.4 is 10.0 Å². The minimum atomic E-state index is -3.44. The fraction of sp³-hybridized carbons (Fsp3) is 0.533. The van der Waals surface area contributed by atoms with Crippen LogP contribution in [-0.4, -0.2) is 32.8 Å². The highest BCUT2D eigenvalue weighted by Crippen LogP contribution is 2.20. The van der Waals surface area contributed by atoms with Crippen LogP contribution in [0.5, 0.6) is 0 Å². The molecule has 1 saturated carbocycles. The number of alkyl halides is 1. The van der Waals surface area contributed by atoms with Crippen LogP contribution in [0.25, 0.3) is 0 Å². The van der Waals surface area contributed by atoms with Crippen LogP contribution in [0.4, 0.5) is 0 Å². The van der Waals surface area contributed by atoms with E-state index in [2.05, 4.69) is 10.0 Å². The minimum Gasteiger partial charge on any atom is -0.355 e. The summed E-state index contributed by atoms with van der Waals surface area (Å²) in [7, 11) is -3.44. The summed E-state index contributed by atoms with van der Waals surface area (Å²) in [5.41, 5.74) is 0.967. The average molecular weight is 345 g/mol. The van der Waals surface area contributed by atoms with Crippen molar-refractivity contribution in [2.75, 3.05) is 12.4 Å². The summed E-state index contributed by atoms with van der Waals surface area (Å²) in [5, 5.41) is 2.67. The van der Waals surface area contributed by atoms with Crippen molar-refractivity contribution < 1.29 is 13.2 Å². The third kappa shape index (κ3) is 4.97. The van der Waals surface area contributed by atoms with Gasteiger partial charge in [-0.05, 0) is 37.0 Å². The predicted octanol–water partition coefficient (Wildman–Crippen LogP) is 1.80. The second-order valence-electron chi connectivity index (χ2n) is 5.48. The van der Waals surface area contributed by atoms with E-state index in [1.807, 2.05) is 0 Å². The number of benzene rings is 1. The highest BCUT2D eigenvalue weighted by molar-refractivity contribution is 7.89. The second kappa shape index (κ2) is 7.94. The molecule has 22 heavy (non-hydrogen) atoms. The lowest BCUT2D eigenvalue weighted by molar-refractivity contribution is -0.118. The van der Waals surface area contributed by atoms with E-state index in [0.29, 0.717) is 13.0 Å². The number of hydrogen-bond donors (Lipinski definition) is 2. The maximum absolute atomic E-state index is 12.3. The van der Waals surface area contributed by atoms with Gasteiger partial charge >= 0.3 is 0 Å². The van der Waals surface area contributed by atoms with E-state index in [1.165, 1.54) is 0 Å². The fourth-order valence-electron chi connectivity index (χ4n) is 2.56. The molecule has 5 nitrogen and oxygen atoms in total. The van der Waals surface area contributed by atoms with Crippen LogP contribution in [0.2, 0.25) is 0 Å². The number of rotatable bonds is 7. The van der Waals surface area contributed by atoms with Crippen molar-refractivity contribution in [3.63, 3.8) is 0 Å². The Hall–Kier alpha value is -1.11. The van der Waals surface area contributed by atoms with Crippen LogP contribution in [0, 0.1) is 0 Å². The van der Waals surface area contributed by atoms with Crippen LogP contribution in [0.1, 0.15) is 31.2 Å². The Morgan fingerprint density at radius 3 is 2.41 bits per heavy atom. The molecule has 1 aliphatic rings. The Morgan fingerprint density at radius 2 is 1.82 bits per heavy atom. The molecule has 0 heterocycles. The number of amides is 1. The molecule has 122 valence electrons. The van der Waals surface area contributed by atoms with Gasteiger partial charge in [-0.3, -0.25) is 4.79 Å². The highest BCUT2D eigenvalue weighted by Gasteiger charge is 2.22. The SMILES string of the molecule is O=C(CCl)NCCc1ccc(S(=O)(=O)NC2CCCC2)cc1. The Bertz CT molecular complexity index is 596. The molecule has 0 radical (unpaired) electrons. The third-order valence-electron chi connectivity index (χ3n) is 3.77. The topological polar surface area (TPSA) is 75.3 Å². The maximum Gasteiger partial charge on any atom is 0.240 e. The summed E-state index contributed by atoms with van der Waals surface area (Å²) >= 11 is 5.39. The zero-order valence-electron chi connectivity index (χ0n) is 12.3. The number of nitrogens with one attached hydrogen (secondary N) is 2. The quantitative estimate of drug-likeness (QED) is 0.741. The van der Waals surface area contributed by atoms with Gasteiger partial charge in [0.1, 0.15) is 5.88 Å². The minimum absolute atomic E-state index is 0.0516. The third-order valence-corrected chi connectivity index (χ3v) is 5.55. The van der Waals surface area contributed by atoms with Crippen molar-refractivity contribution in [3.8, 4) is 0 Å². The summed E-state index contributed by atoms with van der Waals surface area (Å²) in [6, 6.07) is 6.83. The first-order valence-electron chi connectivity index (χ1n) is 7.45. The normalized spacial score (nSPS) is 15.9. The molecule has 2 rings (SSSR count). The summed E-state index contributed by atoms with van der Waals surface area (Å²) in [6.45, 7) is 0.484. The Balaban J connectivity index is 1.91. The zero-order chi connectivity index (χ0) is 16.0. The van der Waals surface area contributed by atoms with Crippen molar-refractivity contribution in [2.24, 2.45) is 0 Å². The lowest BCUT2D eigenvalue weighted by Crippen LogP contribution is -2.32. The second-order valence-corrected chi connectivity index (χ2v) is 7.46. The molecule has 1 amide bonds. The summed E-state index contributed by atoms with van der Waals surface area (Å²) < 4.78 is 27.3. The molecular formula is C15H21ClN2O3S. The van der Waals surface area contributed by atoms with Gasteiger partial charge in [-0.25, -0.2) is 13.1 Å². The molecule has 0 atom stereocenters. The Kier molecular flexibility index (Phi) is 6.23. The number of sulfonamides is 1. The number of halogens is 1. The molecule has 0 aromatic heterocycles. The monoisotopic (exact) mass is 344 g/mol. The summed E-state index contributed by atoms with van der Waals surface area (Å²) in [6.07, 6.45) is 4.63. The van der Waals surface area contributed by atoms with E-state index in [9.17, 15) is 13.2 Å². The molecular weight excluding hydrogens is 324 g/mol. The van der Waals surface area contributed by atoms with Crippen LogP contribution in [-0.2, 0) is 21.2 Å². The molecule has 1 aromatic carbocycles. The molecule has 2 N–H and O–H groups in total. The van der Waals surface area contributed by atoms with Crippen LogP contribution >= 0.6 is 11.6 Å². The maximum atomic E-state index is 12.3. The van der Waals surface area contributed by atoms with E-state index in [-0.39, 0.29) is 22.7 Å². The molecule has 0 aliphatic heterocycles. The van der Waals surface area contributed by atoms with Crippen molar-refractivity contribution >= 4 is 27.5 Å². The van der Waals surface area contributed by atoms with E-state index >= 15 is 0 Å². The number of carbonyl (C=O) groups is 1. The zero-order valence-corrected chi connectivity index (χ0v) is 13.9. The molecule has 0 bridgehead atoms. The lowest BCUT2D eigenvalue weighted by atomic mass is 10.1. The van der Waals surface area contributed by atoms with Gasteiger partial charge in [0.2, 0.25) is 15.9 Å². The first-order valence-corrected chi connectivity index (χ1v) is 9.47. The van der Waals surface area contributed by atoms with Gasteiger partial charge < -0.3 is 5.32 Å². The van der Waals surface area contributed by atoms with E-state index in [1.54, 1.807) is 24.3 Å². The number of hydrogen-bond acceptors (Lipinski definition) is 3. The number of carbonyl (C=O) groups excluding carboxylic acids is 1. The molecule has 1 aromatic rings. The Morgan fingerprint density at radius 1 is 1.18 bits per heavy atom. The largest absolute Gasteiger partial charge is 0.355 e. The summed E-state index contributed by atoms with van der Waals surface area (Å²) in [5.74, 6) is -0.258. The molecule has 7 heteroatoms. The first kappa shape index (κ1) is 17.2. The van der Waals surface area contributed by atoms with E-state index < -0.39 is 10.0 Å².